The third-order valence-corrected chi connectivity index (χ3v) is 4.78. The van der Waals surface area contributed by atoms with E-state index in [-0.39, 0.29) is 0 Å². The van der Waals surface area contributed by atoms with Gasteiger partial charge in [-0.25, -0.2) is 4.98 Å². The van der Waals surface area contributed by atoms with Gasteiger partial charge in [-0.15, -0.1) is 0 Å². The van der Waals surface area contributed by atoms with Gasteiger partial charge in [-0.05, 0) is 54.2 Å². The van der Waals surface area contributed by atoms with Gasteiger partial charge in [0.25, 0.3) is 0 Å². The number of hydrogen-bond acceptors (Lipinski definition) is 3. The monoisotopic (exact) mass is 385 g/mol. The van der Waals surface area contributed by atoms with Crippen molar-refractivity contribution < 1.29 is 0 Å². The number of halogens is 1. The summed E-state index contributed by atoms with van der Waals surface area (Å²) < 4.78 is 0. The maximum absolute atomic E-state index is 5.90. The lowest BCUT2D eigenvalue weighted by Crippen LogP contribution is -2.27. The minimum atomic E-state index is 0.573. The zero-order valence-electron chi connectivity index (χ0n) is 13.3. The van der Waals surface area contributed by atoms with Gasteiger partial charge >= 0.3 is 0 Å². The summed E-state index contributed by atoms with van der Waals surface area (Å²) in [5, 5.41) is 8.54. The molecule has 3 nitrogen and oxygen atoms in total. The van der Waals surface area contributed by atoms with E-state index in [9.17, 15) is 0 Å². The summed E-state index contributed by atoms with van der Waals surface area (Å²) in [6, 6.07) is 21.7. The predicted octanol–water partition coefficient (Wildman–Crippen LogP) is 5.37. The highest BCUT2D eigenvalue weighted by Crippen LogP contribution is 2.27. The molecular weight excluding hydrogens is 370 g/mol. The van der Waals surface area contributed by atoms with E-state index in [2.05, 4.69) is 27.8 Å². The Bertz CT molecular complexity index is 822. The van der Waals surface area contributed by atoms with Crippen molar-refractivity contribution in [1.82, 2.24) is 10.3 Å². The third-order valence-electron chi connectivity index (χ3n) is 3.33. The zero-order chi connectivity index (χ0) is 17.5. The highest BCUT2D eigenvalue weighted by molar-refractivity contribution is 7.99. The Kier molecular flexibility index (Phi) is 6.28. The number of nitrogens with one attached hydrogen (secondary N) is 2. The van der Waals surface area contributed by atoms with Crippen LogP contribution in [-0.2, 0) is 6.54 Å². The van der Waals surface area contributed by atoms with E-state index in [0.717, 1.165) is 20.6 Å². The molecule has 6 heteroatoms. The smallest absolute Gasteiger partial charge is 0.171 e. The fourth-order valence-electron chi connectivity index (χ4n) is 2.09. The molecule has 0 amide bonds. The van der Waals surface area contributed by atoms with Gasteiger partial charge in [0, 0.05) is 16.5 Å². The van der Waals surface area contributed by atoms with Crippen molar-refractivity contribution >= 4 is 46.4 Å². The lowest BCUT2D eigenvalue weighted by atomic mass is 10.2. The molecule has 2 aromatic carbocycles. The van der Waals surface area contributed by atoms with Crippen LogP contribution in [0.2, 0.25) is 5.02 Å². The number of nitrogens with zero attached hydrogens (tertiary/aromatic N) is 1. The van der Waals surface area contributed by atoms with Crippen LogP contribution in [0.25, 0.3) is 0 Å². The first-order valence-electron chi connectivity index (χ1n) is 7.67. The van der Waals surface area contributed by atoms with Crippen molar-refractivity contribution in [3.63, 3.8) is 0 Å². The fourth-order valence-corrected chi connectivity index (χ4v) is 3.16. The van der Waals surface area contributed by atoms with E-state index in [0.29, 0.717) is 11.7 Å². The van der Waals surface area contributed by atoms with E-state index >= 15 is 0 Å². The Labute approximate surface area is 161 Å². The molecule has 0 spiro atoms. The highest BCUT2D eigenvalue weighted by Gasteiger charge is 2.02. The summed E-state index contributed by atoms with van der Waals surface area (Å²) >= 11 is 12.8. The van der Waals surface area contributed by atoms with E-state index in [1.165, 1.54) is 5.56 Å². The van der Waals surface area contributed by atoms with E-state index in [1.54, 1.807) is 18.0 Å². The molecule has 0 atom stereocenters. The van der Waals surface area contributed by atoms with Gasteiger partial charge in [-0.2, -0.15) is 0 Å². The van der Waals surface area contributed by atoms with Crippen molar-refractivity contribution in [2.24, 2.45) is 0 Å². The number of benzene rings is 2. The van der Waals surface area contributed by atoms with E-state index in [1.807, 2.05) is 54.6 Å². The average Bonchev–Trinajstić information content (AvgIpc) is 2.64. The number of hydrogen-bond donors (Lipinski definition) is 2. The summed E-state index contributed by atoms with van der Waals surface area (Å²) in [5.41, 5.74) is 2.03. The van der Waals surface area contributed by atoms with Crippen LogP contribution in [0.1, 0.15) is 5.56 Å². The molecule has 1 aromatic heterocycles. The molecule has 0 aliphatic rings. The van der Waals surface area contributed by atoms with Gasteiger partial charge in [0.15, 0.2) is 5.11 Å². The summed E-state index contributed by atoms with van der Waals surface area (Å²) in [5.74, 6) is 0. The van der Waals surface area contributed by atoms with Gasteiger partial charge in [-0.3, -0.25) is 0 Å². The normalized spacial score (nSPS) is 10.3. The number of anilines is 1. The number of aromatic nitrogens is 1. The van der Waals surface area contributed by atoms with Gasteiger partial charge in [-0.1, -0.05) is 53.7 Å². The number of pyridine rings is 1. The summed E-state index contributed by atoms with van der Waals surface area (Å²) in [6.45, 7) is 0.685. The van der Waals surface area contributed by atoms with Crippen LogP contribution in [0.3, 0.4) is 0 Å². The molecule has 25 heavy (non-hydrogen) atoms. The second-order valence-electron chi connectivity index (χ2n) is 5.23. The SMILES string of the molecule is S=C(NCc1ccccc1)Nc1ccc(Sc2ccc(Cl)cc2)nc1. The lowest BCUT2D eigenvalue weighted by Gasteiger charge is -2.10. The molecule has 0 aliphatic carbocycles. The van der Waals surface area contributed by atoms with Crippen LogP contribution in [0.4, 0.5) is 5.69 Å². The minimum absolute atomic E-state index is 0.573. The van der Waals surface area contributed by atoms with Crippen molar-refractivity contribution in [3.05, 3.63) is 83.5 Å². The fraction of sp³-hybridized carbons (Fsp3) is 0.0526. The Morgan fingerprint density at radius 2 is 1.76 bits per heavy atom. The second kappa shape index (κ2) is 8.85. The topological polar surface area (TPSA) is 37.0 Å². The number of thiocarbonyl (C=S) groups is 1. The molecule has 0 radical (unpaired) electrons. The summed E-state index contributed by atoms with van der Waals surface area (Å²) in [6.07, 6.45) is 1.77. The van der Waals surface area contributed by atoms with Gasteiger partial charge in [0.1, 0.15) is 5.03 Å². The van der Waals surface area contributed by atoms with E-state index in [4.69, 9.17) is 23.8 Å². The molecule has 3 aromatic rings. The van der Waals surface area contributed by atoms with E-state index < -0.39 is 0 Å². The van der Waals surface area contributed by atoms with Gasteiger partial charge < -0.3 is 10.6 Å². The highest BCUT2D eigenvalue weighted by atomic mass is 35.5. The molecule has 126 valence electrons. The van der Waals surface area contributed by atoms with Crippen molar-refractivity contribution in [2.75, 3.05) is 5.32 Å². The predicted molar refractivity (Wildman–Crippen MR) is 109 cm³/mol. The maximum atomic E-state index is 5.90. The second-order valence-corrected chi connectivity index (χ2v) is 7.17. The molecule has 0 fully saturated rings. The van der Waals surface area contributed by atoms with Crippen molar-refractivity contribution in [1.29, 1.82) is 0 Å². The molecule has 0 aliphatic heterocycles. The molecule has 0 saturated heterocycles. The van der Waals surface area contributed by atoms with Crippen LogP contribution in [0.15, 0.2) is 82.8 Å². The molecule has 0 saturated carbocycles. The van der Waals surface area contributed by atoms with Crippen LogP contribution < -0.4 is 10.6 Å². The third kappa shape index (κ3) is 5.74. The Hall–Kier alpha value is -2.08. The lowest BCUT2D eigenvalue weighted by molar-refractivity contribution is 0.925. The first-order chi connectivity index (χ1) is 12.2. The molecule has 3 rings (SSSR count). The van der Waals surface area contributed by atoms with Crippen LogP contribution >= 0.6 is 35.6 Å². The first-order valence-corrected chi connectivity index (χ1v) is 9.27. The molecule has 0 bridgehead atoms. The first kappa shape index (κ1) is 17.7. The average molecular weight is 386 g/mol. The minimum Gasteiger partial charge on any atom is -0.358 e. The molecular formula is C19H16ClN3S2. The van der Waals surface area contributed by atoms with Crippen LogP contribution in [0, 0.1) is 0 Å². The number of rotatable bonds is 5. The molecule has 1 heterocycles. The quantitative estimate of drug-likeness (QED) is 0.577. The summed E-state index contributed by atoms with van der Waals surface area (Å²) in [4.78, 5) is 5.54. The largest absolute Gasteiger partial charge is 0.358 e. The van der Waals surface area contributed by atoms with Crippen LogP contribution in [0.5, 0.6) is 0 Å². The molecule has 0 unspecified atom stereocenters. The van der Waals surface area contributed by atoms with Gasteiger partial charge in [0.2, 0.25) is 0 Å². The standard InChI is InChI=1S/C19H16ClN3S2/c20-15-6-9-17(10-7-15)25-18-11-8-16(13-21-18)23-19(24)22-12-14-4-2-1-3-5-14/h1-11,13H,12H2,(H2,22,23,24). The van der Waals surface area contributed by atoms with Crippen molar-refractivity contribution in [2.45, 2.75) is 16.5 Å². The Morgan fingerprint density at radius 1 is 1.00 bits per heavy atom. The van der Waals surface area contributed by atoms with Crippen LogP contribution in [-0.4, -0.2) is 10.1 Å². The Morgan fingerprint density at radius 3 is 2.44 bits per heavy atom. The Balaban J connectivity index is 1.51. The van der Waals surface area contributed by atoms with Crippen molar-refractivity contribution in [3.8, 4) is 0 Å². The zero-order valence-corrected chi connectivity index (χ0v) is 15.7. The molecule has 2 N–H and O–H groups in total. The van der Waals surface area contributed by atoms with Gasteiger partial charge in [0.05, 0.1) is 11.9 Å². The summed E-state index contributed by atoms with van der Waals surface area (Å²) in [7, 11) is 0. The maximum Gasteiger partial charge on any atom is 0.171 e.